The highest BCUT2D eigenvalue weighted by Gasteiger charge is 2.31. The molecule has 1 aliphatic carbocycles. The van der Waals surface area contributed by atoms with Gasteiger partial charge < -0.3 is 4.79 Å². The SMILES string of the molecule is CC1CC(CC=O)CC(C)(C)C1. The van der Waals surface area contributed by atoms with Crippen molar-refractivity contribution in [2.45, 2.75) is 46.5 Å². The molecule has 0 N–H and O–H groups in total. The van der Waals surface area contributed by atoms with Crippen LogP contribution in [0, 0.1) is 17.3 Å². The fraction of sp³-hybridized carbons (Fsp3) is 0.909. The quantitative estimate of drug-likeness (QED) is 0.579. The summed E-state index contributed by atoms with van der Waals surface area (Å²) in [6.45, 7) is 6.94. The minimum atomic E-state index is 0.464. The molecule has 0 aromatic carbocycles. The van der Waals surface area contributed by atoms with E-state index in [0.717, 1.165) is 18.6 Å². The van der Waals surface area contributed by atoms with E-state index in [-0.39, 0.29) is 0 Å². The number of hydrogen-bond acceptors (Lipinski definition) is 1. The number of carbonyl (C=O) groups is 1. The van der Waals surface area contributed by atoms with Crippen LogP contribution in [-0.4, -0.2) is 6.29 Å². The highest BCUT2D eigenvalue weighted by Crippen LogP contribution is 2.42. The molecule has 1 nitrogen and oxygen atoms in total. The Morgan fingerprint density at radius 1 is 1.42 bits per heavy atom. The average molecular weight is 168 g/mol. The second kappa shape index (κ2) is 3.59. The lowest BCUT2D eigenvalue weighted by Crippen LogP contribution is -2.27. The molecule has 0 aromatic rings. The first kappa shape index (κ1) is 9.76. The summed E-state index contributed by atoms with van der Waals surface area (Å²) in [5, 5.41) is 0. The van der Waals surface area contributed by atoms with Gasteiger partial charge in [-0.25, -0.2) is 0 Å². The summed E-state index contributed by atoms with van der Waals surface area (Å²) in [4.78, 5) is 10.4. The molecule has 1 heteroatoms. The van der Waals surface area contributed by atoms with Crippen molar-refractivity contribution in [2.24, 2.45) is 17.3 Å². The zero-order chi connectivity index (χ0) is 9.19. The Bertz CT molecular complexity index is 160. The summed E-state index contributed by atoms with van der Waals surface area (Å²) in [5.74, 6) is 1.46. The molecule has 70 valence electrons. The van der Waals surface area contributed by atoms with Crippen LogP contribution in [0.2, 0.25) is 0 Å². The van der Waals surface area contributed by atoms with Crippen molar-refractivity contribution in [3.63, 3.8) is 0 Å². The minimum Gasteiger partial charge on any atom is -0.303 e. The molecule has 1 fully saturated rings. The summed E-state index contributed by atoms with van der Waals surface area (Å²) >= 11 is 0. The van der Waals surface area contributed by atoms with Crippen LogP contribution in [0.15, 0.2) is 0 Å². The number of hydrogen-bond donors (Lipinski definition) is 0. The molecule has 2 atom stereocenters. The lowest BCUT2D eigenvalue weighted by molar-refractivity contribution is -0.109. The maximum atomic E-state index is 10.4. The summed E-state index contributed by atoms with van der Waals surface area (Å²) in [6, 6.07) is 0. The monoisotopic (exact) mass is 168 g/mol. The molecule has 0 saturated heterocycles. The van der Waals surface area contributed by atoms with Crippen LogP contribution in [0.1, 0.15) is 46.5 Å². The topological polar surface area (TPSA) is 17.1 Å². The zero-order valence-corrected chi connectivity index (χ0v) is 8.47. The molecule has 2 unspecified atom stereocenters. The molecule has 0 bridgehead atoms. The standard InChI is InChI=1S/C11H20O/c1-9-6-10(4-5-12)8-11(2,3)7-9/h5,9-10H,4,6-8H2,1-3H3. The third-order valence-corrected chi connectivity index (χ3v) is 2.91. The van der Waals surface area contributed by atoms with Crippen molar-refractivity contribution in [2.75, 3.05) is 0 Å². The summed E-state index contributed by atoms with van der Waals surface area (Å²) < 4.78 is 0. The molecule has 0 radical (unpaired) electrons. The summed E-state index contributed by atoms with van der Waals surface area (Å²) in [7, 11) is 0. The van der Waals surface area contributed by atoms with Gasteiger partial charge in [-0.2, -0.15) is 0 Å². The molecular formula is C11H20O. The van der Waals surface area contributed by atoms with Crippen molar-refractivity contribution in [1.82, 2.24) is 0 Å². The molecule has 0 spiro atoms. The van der Waals surface area contributed by atoms with Gasteiger partial charge in [-0.15, -0.1) is 0 Å². The summed E-state index contributed by atoms with van der Waals surface area (Å²) in [5.41, 5.74) is 0.464. The third kappa shape index (κ3) is 2.62. The molecule has 0 aliphatic heterocycles. The first-order valence-corrected chi connectivity index (χ1v) is 4.97. The minimum absolute atomic E-state index is 0.464. The van der Waals surface area contributed by atoms with Crippen LogP contribution in [0.3, 0.4) is 0 Å². The molecule has 1 saturated carbocycles. The Balaban J connectivity index is 2.51. The molecule has 0 heterocycles. The van der Waals surface area contributed by atoms with Crippen molar-refractivity contribution in [1.29, 1.82) is 0 Å². The lowest BCUT2D eigenvalue weighted by atomic mass is 9.67. The molecule has 0 amide bonds. The van der Waals surface area contributed by atoms with Gasteiger partial charge in [-0.3, -0.25) is 0 Å². The molecular weight excluding hydrogens is 148 g/mol. The van der Waals surface area contributed by atoms with Gasteiger partial charge in [0.05, 0.1) is 0 Å². The maximum absolute atomic E-state index is 10.4. The zero-order valence-electron chi connectivity index (χ0n) is 8.47. The van der Waals surface area contributed by atoms with Crippen molar-refractivity contribution >= 4 is 6.29 Å². The Hall–Kier alpha value is -0.330. The van der Waals surface area contributed by atoms with Crippen LogP contribution >= 0.6 is 0 Å². The van der Waals surface area contributed by atoms with Gasteiger partial charge in [-0.05, 0) is 36.5 Å². The fourth-order valence-corrected chi connectivity index (χ4v) is 2.86. The number of aldehydes is 1. The van der Waals surface area contributed by atoms with E-state index >= 15 is 0 Å². The van der Waals surface area contributed by atoms with Crippen molar-refractivity contribution < 1.29 is 4.79 Å². The van der Waals surface area contributed by atoms with Crippen LogP contribution in [0.25, 0.3) is 0 Å². The van der Waals surface area contributed by atoms with Crippen LogP contribution < -0.4 is 0 Å². The highest BCUT2D eigenvalue weighted by molar-refractivity contribution is 5.49. The Labute approximate surface area is 75.5 Å². The molecule has 12 heavy (non-hydrogen) atoms. The van der Waals surface area contributed by atoms with Crippen molar-refractivity contribution in [3.8, 4) is 0 Å². The van der Waals surface area contributed by atoms with Gasteiger partial charge in [0.15, 0.2) is 0 Å². The van der Waals surface area contributed by atoms with E-state index in [4.69, 9.17) is 0 Å². The Morgan fingerprint density at radius 2 is 2.08 bits per heavy atom. The average Bonchev–Trinajstić information content (AvgIpc) is 1.82. The van der Waals surface area contributed by atoms with Gasteiger partial charge in [0.25, 0.3) is 0 Å². The second-order valence-electron chi connectivity index (χ2n) is 5.18. The fourth-order valence-electron chi connectivity index (χ4n) is 2.86. The van der Waals surface area contributed by atoms with Gasteiger partial charge >= 0.3 is 0 Å². The van der Waals surface area contributed by atoms with Crippen LogP contribution in [0.5, 0.6) is 0 Å². The van der Waals surface area contributed by atoms with Gasteiger partial charge in [0, 0.05) is 6.42 Å². The van der Waals surface area contributed by atoms with Crippen molar-refractivity contribution in [3.05, 3.63) is 0 Å². The number of carbonyl (C=O) groups excluding carboxylic acids is 1. The Morgan fingerprint density at radius 3 is 2.58 bits per heavy atom. The third-order valence-electron chi connectivity index (χ3n) is 2.91. The van der Waals surface area contributed by atoms with E-state index in [0.29, 0.717) is 11.3 Å². The van der Waals surface area contributed by atoms with E-state index < -0.39 is 0 Å². The molecule has 0 aromatic heterocycles. The molecule has 1 aliphatic rings. The van der Waals surface area contributed by atoms with E-state index in [1.165, 1.54) is 19.3 Å². The van der Waals surface area contributed by atoms with E-state index in [2.05, 4.69) is 20.8 Å². The van der Waals surface area contributed by atoms with E-state index in [1.807, 2.05) is 0 Å². The highest BCUT2D eigenvalue weighted by atomic mass is 16.1. The second-order valence-corrected chi connectivity index (χ2v) is 5.18. The van der Waals surface area contributed by atoms with Gasteiger partial charge in [-0.1, -0.05) is 20.8 Å². The van der Waals surface area contributed by atoms with Gasteiger partial charge in [0.2, 0.25) is 0 Å². The lowest BCUT2D eigenvalue weighted by Gasteiger charge is -2.38. The first-order chi connectivity index (χ1) is 5.53. The smallest absolute Gasteiger partial charge is 0.120 e. The van der Waals surface area contributed by atoms with Crippen LogP contribution in [-0.2, 0) is 4.79 Å². The predicted octanol–water partition coefficient (Wildman–Crippen LogP) is 3.04. The largest absolute Gasteiger partial charge is 0.303 e. The molecule has 1 rings (SSSR count). The van der Waals surface area contributed by atoms with E-state index in [1.54, 1.807) is 0 Å². The predicted molar refractivity (Wildman–Crippen MR) is 51.0 cm³/mol. The van der Waals surface area contributed by atoms with Crippen LogP contribution in [0.4, 0.5) is 0 Å². The van der Waals surface area contributed by atoms with E-state index in [9.17, 15) is 4.79 Å². The normalized spacial score (nSPS) is 34.6. The summed E-state index contributed by atoms with van der Waals surface area (Å²) in [6.07, 6.45) is 5.66. The number of rotatable bonds is 2. The first-order valence-electron chi connectivity index (χ1n) is 4.97. The van der Waals surface area contributed by atoms with Gasteiger partial charge in [0.1, 0.15) is 6.29 Å². The Kier molecular flexibility index (Phi) is 2.92. The maximum Gasteiger partial charge on any atom is 0.120 e.